The molecule has 8 heteroatoms. The second kappa shape index (κ2) is 13.5. The standard InChI is InChI=1S/C16H32N4O3.HI/c1-5-22-16(21)20-13(9-12(2)3)10-18-15(17-4)19-11-14-7-6-8-23-14;/h12-14H,5-11H2,1-4H3,(H,20,21)(H2,17,18,19);1H. The van der Waals surface area contributed by atoms with Crippen molar-refractivity contribution in [2.75, 3.05) is 33.4 Å². The summed E-state index contributed by atoms with van der Waals surface area (Å²) in [5, 5.41) is 9.42. The fraction of sp³-hybridized carbons (Fsp3) is 0.875. The quantitative estimate of drug-likeness (QED) is 0.296. The molecular formula is C16H33IN4O3. The van der Waals surface area contributed by atoms with E-state index in [9.17, 15) is 4.79 Å². The zero-order valence-corrected chi connectivity index (χ0v) is 17.6. The van der Waals surface area contributed by atoms with E-state index in [4.69, 9.17) is 9.47 Å². The van der Waals surface area contributed by atoms with Crippen LogP contribution in [0, 0.1) is 5.92 Å². The van der Waals surface area contributed by atoms with E-state index >= 15 is 0 Å². The number of hydrogen-bond donors (Lipinski definition) is 3. The molecule has 0 aromatic heterocycles. The predicted octanol–water partition coefficient (Wildman–Crippen LogP) is 2.11. The van der Waals surface area contributed by atoms with Crippen molar-refractivity contribution < 1.29 is 14.3 Å². The van der Waals surface area contributed by atoms with E-state index in [-0.39, 0.29) is 42.2 Å². The number of alkyl carbamates (subject to hydrolysis) is 1. The molecule has 1 fully saturated rings. The van der Waals surface area contributed by atoms with E-state index in [2.05, 4.69) is 34.8 Å². The van der Waals surface area contributed by atoms with Crippen molar-refractivity contribution in [1.82, 2.24) is 16.0 Å². The highest BCUT2D eigenvalue weighted by Crippen LogP contribution is 2.10. The lowest BCUT2D eigenvalue weighted by molar-refractivity contribution is 0.114. The van der Waals surface area contributed by atoms with Crippen LogP contribution in [0.1, 0.15) is 40.0 Å². The maximum atomic E-state index is 11.6. The Bertz CT molecular complexity index is 374. The number of halogens is 1. The molecule has 1 aliphatic heterocycles. The molecule has 1 rings (SSSR count). The van der Waals surface area contributed by atoms with Gasteiger partial charge in [0.25, 0.3) is 0 Å². The molecule has 1 aliphatic rings. The van der Waals surface area contributed by atoms with E-state index in [1.54, 1.807) is 14.0 Å². The molecule has 0 saturated carbocycles. The van der Waals surface area contributed by atoms with Crippen LogP contribution >= 0.6 is 24.0 Å². The maximum absolute atomic E-state index is 11.6. The number of ether oxygens (including phenoxy) is 2. The average Bonchev–Trinajstić information content (AvgIpc) is 3.00. The highest BCUT2D eigenvalue weighted by molar-refractivity contribution is 14.0. The van der Waals surface area contributed by atoms with Crippen molar-refractivity contribution in [3.8, 4) is 0 Å². The van der Waals surface area contributed by atoms with Gasteiger partial charge in [0.2, 0.25) is 0 Å². The minimum absolute atomic E-state index is 0. The minimum atomic E-state index is -0.373. The monoisotopic (exact) mass is 456 g/mol. The van der Waals surface area contributed by atoms with Gasteiger partial charge >= 0.3 is 6.09 Å². The summed E-state index contributed by atoms with van der Waals surface area (Å²) in [6.45, 7) is 8.62. The first kappa shape index (κ1) is 23.2. The Morgan fingerprint density at radius 3 is 2.67 bits per heavy atom. The zero-order valence-electron chi connectivity index (χ0n) is 15.3. The van der Waals surface area contributed by atoms with E-state index < -0.39 is 0 Å². The van der Waals surface area contributed by atoms with Crippen LogP contribution in [0.25, 0.3) is 0 Å². The Balaban J connectivity index is 0.00000529. The first-order chi connectivity index (χ1) is 11.0. The number of aliphatic imine (C=N–C) groups is 1. The number of carbonyl (C=O) groups excluding carboxylic acids is 1. The smallest absolute Gasteiger partial charge is 0.407 e. The molecule has 0 spiro atoms. The SMILES string of the molecule is CCOC(=O)NC(CNC(=NC)NCC1CCCO1)CC(C)C.I. The summed E-state index contributed by atoms with van der Waals surface area (Å²) in [4.78, 5) is 15.8. The van der Waals surface area contributed by atoms with Crippen LogP contribution in [-0.2, 0) is 9.47 Å². The molecule has 0 radical (unpaired) electrons. The third kappa shape index (κ3) is 10.2. The average molecular weight is 456 g/mol. The Hall–Kier alpha value is -0.770. The number of guanidine groups is 1. The van der Waals surface area contributed by atoms with Crippen LogP contribution in [0.15, 0.2) is 4.99 Å². The summed E-state index contributed by atoms with van der Waals surface area (Å²) in [5.74, 6) is 1.20. The third-order valence-electron chi connectivity index (χ3n) is 3.61. The number of hydrogen-bond acceptors (Lipinski definition) is 4. The van der Waals surface area contributed by atoms with Crippen LogP contribution in [0.3, 0.4) is 0 Å². The minimum Gasteiger partial charge on any atom is -0.450 e. The lowest BCUT2D eigenvalue weighted by Crippen LogP contribution is -2.48. The van der Waals surface area contributed by atoms with E-state index in [0.717, 1.165) is 38.4 Å². The van der Waals surface area contributed by atoms with Gasteiger partial charge in [0, 0.05) is 32.8 Å². The number of amides is 1. The molecule has 0 aromatic rings. The number of nitrogens with one attached hydrogen (secondary N) is 3. The fourth-order valence-corrected chi connectivity index (χ4v) is 2.56. The highest BCUT2D eigenvalue weighted by Gasteiger charge is 2.17. The molecule has 2 atom stereocenters. The van der Waals surface area contributed by atoms with Crippen molar-refractivity contribution in [3.63, 3.8) is 0 Å². The summed E-state index contributed by atoms with van der Waals surface area (Å²) >= 11 is 0. The molecule has 2 unspecified atom stereocenters. The summed E-state index contributed by atoms with van der Waals surface area (Å²) in [5.41, 5.74) is 0. The molecule has 1 heterocycles. The second-order valence-corrected chi connectivity index (χ2v) is 6.16. The van der Waals surface area contributed by atoms with E-state index in [1.807, 2.05) is 0 Å². The molecule has 0 bridgehead atoms. The zero-order chi connectivity index (χ0) is 17.1. The van der Waals surface area contributed by atoms with Gasteiger partial charge in [-0.15, -0.1) is 24.0 Å². The van der Waals surface area contributed by atoms with Gasteiger partial charge in [-0.1, -0.05) is 13.8 Å². The van der Waals surface area contributed by atoms with Crippen molar-refractivity contribution >= 4 is 36.0 Å². The van der Waals surface area contributed by atoms with Crippen LogP contribution < -0.4 is 16.0 Å². The van der Waals surface area contributed by atoms with Crippen molar-refractivity contribution in [2.45, 2.75) is 52.2 Å². The van der Waals surface area contributed by atoms with Crippen molar-refractivity contribution in [1.29, 1.82) is 0 Å². The van der Waals surface area contributed by atoms with Gasteiger partial charge < -0.3 is 25.4 Å². The Morgan fingerprint density at radius 2 is 2.12 bits per heavy atom. The normalized spacial score (nSPS) is 18.7. The van der Waals surface area contributed by atoms with Gasteiger partial charge in [-0.25, -0.2) is 4.79 Å². The fourth-order valence-electron chi connectivity index (χ4n) is 2.56. The summed E-state index contributed by atoms with van der Waals surface area (Å²) in [7, 11) is 1.74. The number of nitrogens with zero attached hydrogens (tertiary/aromatic N) is 1. The third-order valence-corrected chi connectivity index (χ3v) is 3.61. The summed E-state index contributed by atoms with van der Waals surface area (Å²) in [6.07, 6.45) is 2.97. The van der Waals surface area contributed by atoms with Gasteiger partial charge in [-0.05, 0) is 32.1 Å². The van der Waals surface area contributed by atoms with Crippen molar-refractivity contribution in [3.05, 3.63) is 0 Å². The van der Waals surface area contributed by atoms with Crippen LogP contribution in [-0.4, -0.2) is 57.5 Å². The van der Waals surface area contributed by atoms with Gasteiger partial charge in [0.15, 0.2) is 5.96 Å². The molecule has 7 nitrogen and oxygen atoms in total. The van der Waals surface area contributed by atoms with Gasteiger partial charge in [0.1, 0.15) is 0 Å². The Morgan fingerprint density at radius 1 is 1.38 bits per heavy atom. The molecule has 1 amide bonds. The van der Waals surface area contributed by atoms with Gasteiger partial charge in [-0.2, -0.15) is 0 Å². The van der Waals surface area contributed by atoms with E-state index in [1.165, 1.54) is 0 Å². The van der Waals surface area contributed by atoms with Crippen molar-refractivity contribution in [2.24, 2.45) is 10.9 Å². The first-order valence-corrected chi connectivity index (χ1v) is 8.54. The summed E-state index contributed by atoms with van der Waals surface area (Å²) in [6, 6.07) is -0.00432. The van der Waals surface area contributed by atoms with E-state index in [0.29, 0.717) is 19.1 Å². The number of rotatable bonds is 8. The largest absolute Gasteiger partial charge is 0.450 e. The molecule has 0 aromatic carbocycles. The second-order valence-electron chi connectivity index (χ2n) is 6.16. The molecular weight excluding hydrogens is 423 g/mol. The molecule has 24 heavy (non-hydrogen) atoms. The lowest BCUT2D eigenvalue weighted by atomic mass is 10.0. The Kier molecular flexibility index (Phi) is 13.1. The lowest BCUT2D eigenvalue weighted by Gasteiger charge is -2.22. The van der Waals surface area contributed by atoms with Crippen LogP contribution in [0.4, 0.5) is 4.79 Å². The maximum Gasteiger partial charge on any atom is 0.407 e. The molecule has 1 saturated heterocycles. The molecule has 3 N–H and O–H groups in total. The molecule has 142 valence electrons. The molecule has 0 aliphatic carbocycles. The van der Waals surface area contributed by atoms with Gasteiger partial charge in [-0.3, -0.25) is 4.99 Å². The summed E-state index contributed by atoms with van der Waals surface area (Å²) < 4.78 is 10.5. The number of carbonyl (C=O) groups is 1. The predicted molar refractivity (Wildman–Crippen MR) is 107 cm³/mol. The van der Waals surface area contributed by atoms with Crippen LogP contribution in [0.2, 0.25) is 0 Å². The highest BCUT2D eigenvalue weighted by atomic mass is 127. The van der Waals surface area contributed by atoms with Crippen LogP contribution in [0.5, 0.6) is 0 Å². The Labute approximate surface area is 162 Å². The first-order valence-electron chi connectivity index (χ1n) is 8.54. The van der Waals surface area contributed by atoms with Gasteiger partial charge in [0.05, 0.1) is 12.7 Å². The topological polar surface area (TPSA) is 84.0 Å².